The van der Waals surface area contributed by atoms with Gasteiger partial charge in [-0.2, -0.15) is 0 Å². The summed E-state index contributed by atoms with van der Waals surface area (Å²) in [6, 6.07) is 1.82. The van der Waals surface area contributed by atoms with Gasteiger partial charge in [0.25, 0.3) is 0 Å². The Morgan fingerprint density at radius 2 is 2.12 bits per heavy atom. The smallest absolute Gasteiger partial charge is 0.0555 e. The van der Waals surface area contributed by atoms with Crippen LogP contribution in [-0.2, 0) is 0 Å². The molecule has 1 aliphatic carbocycles. The van der Waals surface area contributed by atoms with E-state index in [0.29, 0.717) is 18.1 Å². The molecule has 1 saturated carbocycles. The fourth-order valence-electron chi connectivity index (χ4n) is 3.34. The third kappa shape index (κ3) is 4.57. The number of hydrogen-bond donors (Lipinski definition) is 3. The van der Waals surface area contributed by atoms with E-state index in [2.05, 4.69) is 17.6 Å². The van der Waals surface area contributed by atoms with E-state index in [1.165, 1.54) is 45.1 Å². The number of aliphatic hydroxyl groups excluding tert-OH is 1. The number of piperidine rings is 1. The zero-order chi connectivity index (χ0) is 12.1. The molecule has 0 amide bonds. The van der Waals surface area contributed by atoms with Crippen LogP contribution in [0.3, 0.4) is 0 Å². The first-order valence-electron chi connectivity index (χ1n) is 7.41. The predicted molar refractivity (Wildman–Crippen MR) is 71.1 cm³/mol. The minimum atomic E-state index is -0.0683. The van der Waals surface area contributed by atoms with E-state index in [9.17, 15) is 5.11 Å². The molecule has 0 bridgehead atoms. The molecule has 0 aromatic carbocycles. The maximum absolute atomic E-state index is 9.66. The first-order chi connectivity index (χ1) is 8.24. The highest BCUT2D eigenvalue weighted by Crippen LogP contribution is 2.20. The van der Waals surface area contributed by atoms with Crippen molar-refractivity contribution in [2.24, 2.45) is 0 Å². The van der Waals surface area contributed by atoms with E-state index in [1.54, 1.807) is 0 Å². The topological polar surface area (TPSA) is 44.3 Å². The van der Waals surface area contributed by atoms with Crippen molar-refractivity contribution >= 4 is 0 Å². The van der Waals surface area contributed by atoms with Crippen LogP contribution in [-0.4, -0.2) is 35.9 Å². The van der Waals surface area contributed by atoms with E-state index < -0.39 is 0 Å². The van der Waals surface area contributed by atoms with Crippen molar-refractivity contribution in [1.82, 2.24) is 10.6 Å². The number of rotatable bonds is 4. The summed E-state index contributed by atoms with van der Waals surface area (Å²) in [4.78, 5) is 0. The standard InChI is InChI=1S/C14H28N2O/c1-11(9-12-5-2-3-8-15-12)16-13-6-4-7-14(17)10-13/h11-17H,2-10H2,1H3. The molecular formula is C14H28N2O. The third-order valence-corrected chi connectivity index (χ3v) is 4.22. The molecule has 4 unspecified atom stereocenters. The van der Waals surface area contributed by atoms with Crippen LogP contribution < -0.4 is 10.6 Å². The van der Waals surface area contributed by atoms with Crippen molar-refractivity contribution in [3.8, 4) is 0 Å². The molecule has 4 atom stereocenters. The molecule has 1 aliphatic heterocycles. The first kappa shape index (κ1) is 13.3. The molecule has 0 spiro atoms. The van der Waals surface area contributed by atoms with Gasteiger partial charge >= 0.3 is 0 Å². The van der Waals surface area contributed by atoms with Gasteiger partial charge in [0.1, 0.15) is 0 Å². The number of hydrogen-bond acceptors (Lipinski definition) is 3. The van der Waals surface area contributed by atoms with Crippen molar-refractivity contribution in [2.75, 3.05) is 6.54 Å². The third-order valence-electron chi connectivity index (χ3n) is 4.22. The molecule has 2 aliphatic rings. The maximum Gasteiger partial charge on any atom is 0.0555 e. The van der Waals surface area contributed by atoms with Gasteiger partial charge in [0.05, 0.1) is 6.10 Å². The summed E-state index contributed by atoms with van der Waals surface area (Å²) >= 11 is 0. The van der Waals surface area contributed by atoms with Gasteiger partial charge in [-0.15, -0.1) is 0 Å². The second kappa shape index (κ2) is 6.72. The monoisotopic (exact) mass is 240 g/mol. The average molecular weight is 240 g/mol. The Balaban J connectivity index is 1.66. The lowest BCUT2D eigenvalue weighted by atomic mass is 9.91. The quantitative estimate of drug-likeness (QED) is 0.702. The summed E-state index contributed by atoms with van der Waals surface area (Å²) in [5.41, 5.74) is 0. The van der Waals surface area contributed by atoms with Crippen molar-refractivity contribution in [2.45, 2.75) is 82.5 Å². The zero-order valence-electron chi connectivity index (χ0n) is 11.1. The van der Waals surface area contributed by atoms with E-state index in [1.807, 2.05) is 0 Å². The van der Waals surface area contributed by atoms with Crippen LogP contribution in [0.4, 0.5) is 0 Å². The molecule has 3 N–H and O–H groups in total. The van der Waals surface area contributed by atoms with Gasteiger partial charge in [-0.3, -0.25) is 0 Å². The van der Waals surface area contributed by atoms with Crippen molar-refractivity contribution in [1.29, 1.82) is 0 Å². The van der Waals surface area contributed by atoms with Crippen LogP contribution in [0, 0.1) is 0 Å². The van der Waals surface area contributed by atoms with Crippen molar-refractivity contribution < 1.29 is 5.11 Å². The normalized spacial score (nSPS) is 36.7. The summed E-state index contributed by atoms with van der Waals surface area (Å²) in [5.74, 6) is 0. The Labute approximate surface area is 105 Å². The van der Waals surface area contributed by atoms with Gasteiger partial charge in [-0.05, 0) is 58.4 Å². The molecule has 17 heavy (non-hydrogen) atoms. The number of aliphatic hydroxyl groups is 1. The summed E-state index contributed by atoms with van der Waals surface area (Å²) in [6.07, 6.45) is 9.57. The molecule has 3 nitrogen and oxygen atoms in total. The highest BCUT2D eigenvalue weighted by atomic mass is 16.3. The lowest BCUT2D eigenvalue weighted by Crippen LogP contribution is -2.45. The Hall–Kier alpha value is -0.120. The summed E-state index contributed by atoms with van der Waals surface area (Å²) in [5, 5.41) is 17.0. The van der Waals surface area contributed by atoms with Crippen molar-refractivity contribution in [3.63, 3.8) is 0 Å². The molecule has 2 rings (SSSR count). The van der Waals surface area contributed by atoms with Crippen LogP contribution in [0.1, 0.15) is 58.3 Å². The summed E-state index contributed by atoms with van der Waals surface area (Å²) < 4.78 is 0. The number of nitrogens with one attached hydrogen (secondary N) is 2. The van der Waals surface area contributed by atoms with E-state index >= 15 is 0 Å². The minimum Gasteiger partial charge on any atom is -0.393 e. The largest absolute Gasteiger partial charge is 0.393 e. The predicted octanol–water partition coefficient (Wildman–Crippen LogP) is 1.80. The molecule has 1 saturated heterocycles. The average Bonchev–Trinajstić information content (AvgIpc) is 2.30. The van der Waals surface area contributed by atoms with Crippen LogP contribution >= 0.6 is 0 Å². The molecule has 0 aromatic rings. The lowest BCUT2D eigenvalue weighted by molar-refractivity contribution is 0.108. The SMILES string of the molecule is CC(CC1CCCCN1)NC1CCCC(O)C1. The van der Waals surface area contributed by atoms with Crippen LogP contribution in [0.5, 0.6) is 0 Å². The highest BCUT2D eigenvalue weighted by Gasteiger charge is 2.22. The van der Waals surface area contributed by atoms with E-state index in [4.69, 9.17) is 0 Å². The molecular weight excluding hydrogens is 212 g/mol. The van der Waals surface area contributed by atoms with Gasteiger partial charge in [-0.1, -0.05) is 6.42 Å². The molecule has 3 heteroatoms. The van der Waals surface area contributed by atoms with Crippen LogP contribution in [0.2, 0.25) is 0 Å². The Kier molecular flexibility index (Phi) is 5.26. The summed E-state index contributed by atoms with van der Waals surface area (Å²) in [7, 11) is 0. The van der Waals surface area contributed by atoms with Crippen LogP contribution in [0.15, 0.2) is 0 Å². The Morgan fingerprint density at radius 1 is 1.24 bits per heavy atom. The molecule has 2 fully saturated rings. The minimum absolute atomic E-state index is 0.0683. The fourth-order valence-corrected chi connectivity index (χ4v) is 3.34. The maximum atomic E-state index is 9.66. The molecule has 100 valence electrons. The zero-order valence-corrected chi connectivity index (χ0v) is 11.1. The fraction of sp³-hybridized carbons (Fsp3) is 1.00. The Morgan fingerprint density at radius 3 is 2.82 bits per heavy atom. The van der Waals surface area contributed by atoms with E-state index in [-0.39, 0.29) is 6.10 Å². The van der Waals surface area contributed by atoms with Gasteiger partial charge in [0.15, 0.2) is 0 Å². The van der Waals surface area contributed by atoms with Gasteiger partial charge < -0.3 is 15.7 Å². The summed E-state index contributed by atoms with van der Waals surface area (Å²) in [6.45, 7) is 3.48. The first-order valence-corrected chi connectivity index (χ1v) is 7.41. The van der Waals surface area contributed by atoms with Gasteiger partial charge in [0.2, 0.25) is 0 Å². The van der Waals surface area contributed by atoms with E-state index in [0.717, 1.165) is 12.8 Å². The second-order valence-corrected chi connectivity index (χ2v) is 5.97. The Bertz CT molecular complexity index is 216. The molecule has 0 aromatic heterocycles. The van der Waals surface area contributed by atoms with Crippen molar-refractivity contribution in [3.05, 3.63) is 0 Å². The molecule has 0 radical (unpaired) electrons. The highest BCUT2D eigenvalue weighted by molar-refractivity contribution is 4.82. The van der Waals surface area contributed by atoms with Crippen LogP contribution in [0.25, 0.3) is 0 Å². The second-order valence-electron chi connectivity index (χ2n) is 5.97. The lowest BCUT2D eigenvalue weighted by Gasteiger charge is -2.32. The molecule has 1 heterocycles. The van der Waals surface area contributed by atoms with Gasteiger partial charge in [-0.25, -0.2) is 0 Å². The van der Waals surface area contributed by atoms with Gasteiger partial charge in [0, 0.05) is 18.1 Å².